The fraction of sp³-hybridized carbons (Fsp3) is 0.333. The van der Waals surface area contributed by atoms with Gasteiger partial charge in [0.25, 0.3) is 0 Å². The molecule has 0 aliphatic carbocycles. The molecule has 0 atom stereocenters. The van der Waals surface area contributed by atoms with E-state index in [0.29, 0.717) is 34.6 Å². The van der Waals surface area contributed by atoms with Gasteiger partial charge in [0.15, 0.2) is 0 Å². The molecule has 0 unspecified atom stereocenters. The Bertz CT molecular complexity index is 871. The van der Waals surface area contributed by atoms with Crippen LogP contribution < -0.4 is 10.2 Å². The summed E-state index contributed by atoms with van der Waals surface area (Å²) in [4.78, 5) is 28.3. The van der Waals surface area contributed by atoms with E-state index in [1.807, 2.05) is 24.3 Å². The number of rotatable bonds is 6. The van der Waals surface area contributed by atoms with Crippen molar-refractivity contribution in [2.45, 2.75) is 12.8 Å². The van der Waals surface area contributed by atoms with Crippen LogP contribution in [-0.2, 0) is 16.0 Å². The molecule has 0 radical (unpaired) electrons. The molecule has 154 valence electrons. The number of hydrogen-bond acceptors (Lipinski definition) is 3. The van der Waals surface area contributed by atoms with Crippen LogP contribution in [0.15, 0.2) is 46.9 Å². The standard InChI is InChI=1S/C21H22BrClFN3O2/c22-16-3-1-15(19(24)13-16)2-8-20(28)25-14-21(29)27-11-9-26(10-12-27)18-6-4-17(23)5-7-18/h1,3-7,13H,2,8-12,14H2,(H,25,28). The first-order chi connectivity index (χ1) is 13.9. The van der Waals surface area contributed by atoms with E-state index in [4.69, 9.17) is 11.6 Å². The maximum atomic E-state index is 13.8. The van der Waals surface area contributed by atoms with Crippen LogP contribution in [0.2, 0.25) is 5.02 Å². The molecule has 5 nitrogen and oxygen atoms in total. The summed E-state index contributed by atoms with van der Waals surface area (Å²) in [5.74, 6) is -0.716. The Morgan fingerprint density at radius 2 is 1.76 bits per heavy atom. The van der Waals surface area contributed by atoms with E-state index in [1.54, 1.807) is 17.0 Å². The summed E-state index contributed by atoms with van der Waals surface area (Å²) in [5.41, 5.74) is 1.56. The van der Waals surface area contributed by atoms with Gasteiger partial charge in [0, 0.05) is 47.8 Å². The summed E-state index contributed by atoms with van der Waals surface area (Å²) in [5, 5.41) is 3.34. The van der Waals surface area contributed by atoms with Crippen molar-refractivity contribution in [2.75, 3.05) is 37.6 Å². The number of piperazine rings is 1. The molecule has 1 aliphatic rings. The van der Waals surface area contributed by atoms with E-state index in [9.17, 15) is 14.0 Å². The van der Waals surface area contributed by atoms with Gasteiger partial charge in [0.2, 0.25) is 11.8 Å². The van der Waals surface area contributed by atoms with Crippen LogP contribution in [0.4, 0.5) is 10.1 Å². The highest BCUT2D eigenvalue weighted by atomic mass is 79.9. The molecule has 1 saturated heterocycles. The van der Waals surface area contributed by atoms with Gasteiger partial charge >= 0.3 is 0 Å². The summed E-state index contributed by atoms with van der Waals surface area (Å²) >= 11 is 9.13. The molecule has 1 aliphatic heterocycles. The molecule has 2 aromatic rings. The average Bonchev–Trinajstić information content (AvgIpc) is 2.72. The van der Waals surface area contributed by atoms with Crippen LogP contribution in [0.3, 0.4) is 0 Å². The second-order valence-corrected chi connectivity index (χ2v) is 8.21. The summed E-state index contributed by atoms with van der Waals surface area (Å²) in [7, 11) is 0. The van der Waals surface area contributed by atoms with Gasteiger partial charge in [-0.3, -0.25) is 9.59 Å². The molecule has 0 spiro atoms. The lowest BCUT2D eigenvalue weighted by Crippen LogP contribution is -2.51. The Balaban J connectivity index is 1.39. The van der Waals surface area contributed by atoms with Crippen molar-refractivity contribution >= 4 is 45.0 Å². The number of hydrogen-bond donors (Lipinski definition) is 1. The van der Waals surface area contributed by atoms with Crippen LogP contribution in [-0.4, -0.2) is 49.4 Å². The average molecular weight is 483 g/mol. The van der Waals surface area contributed by atoms with Crippen molar-refractivity contribution in [3.05, 3.63) is 63.3 Å². The Kier molecular flexibility index (Phi) is 7.50. The second kappa shape index (κ2) is 10.1. The van der Waals surface area contributed by atoms with Gasteiger partial charge < -0.3 is 15.1 Å². The fourth-order valence-electron chi connectivity index (χ4n) is 3.21. The SMILES string of the molecule is O=C(CCc1ccc(Br)cc1F)NCC(=O)N1CCN(c2ccc(Cl)cc2)CC1. The lowest BCUT2D eigenvalue weighted by Gasteiger charge is -2.36. The maximum Gasteiger partial charge on any atom is 0.242 e. The van der Waals surface area contributed by atoms with E-state index >= 15 is 0 Å². The number of carbonyl (C=O) groups is 2. The van der Waals surface area contributed by atoms with Crippen LogP contribution in [0.1, 0.15) is 12.0 Å². The Hall–Kier alpha value is -2.12. The first-order valence-electron chi connectivity index (χ1n) is 9.41. The van der Waals surface area contributed by atoms with Gasteiger partial charge in [-0.25, -0.2) is 4.39 Å². The van der Waals surface area contributed by atoms with Crippen LogP contribution in [0.25, 0.3) is 0 Å². The largest absolute Gasteiger partial charge is 0.368 e. The van der Waals surface area contributed by atoms with Gasteiger partial charge in [0.05, 0.1) is 6.54 Å². The number of aryl methyl sites for hydroxylation is 1. The Morgan fingerprint density at radius 3 is 2.41 bits per heavy atom. The van der Waals surface area contributed by atoms with Crippen molar-refractivity contribution in [2.24, 2.45) is 0 Å². The van der Waals surface area contributed by atoms with Crippen molar-refractivity contribution in [3.63, 3.8) is 0 Å². The van der Waals surface area contributed by atoms with E-state index in [1.165, 1.54) is 6.07 Å². The molecular weight excluding hydrogens is 461 g/mol. The van der Waals surface area contributed by atoms with Crippen LogP contribution in [0.5, 0.6) is 0 Å². The lowest BCUT2D eigenvalue weighted by atomic mass is 10.1. The highest BCUT2D eigenvalue weighted by Gasteiger charge is 2.21. The highest BCUT2D eigenvalue weighted by Crippen LogP contribution is 2.19. The Labute approximate surface area is 182 Å². The van der Waals surface area contributed by atoms with Crippen molar-refractivity contribution in [1.82, 2.24) is 10.2 Å². The molecular formula is C21H22BrClFN3O2. The van der Waals surface area contributed by atoms with Crippen molar-refractivity contribution in [3.8, 4) is 0 Å². The number of anilines is 1. The van der Waals surface area contributed by atoms with E-state index in [0.717, 1.165) is 18.8 Å². The smallest absolute Gasteiger partial charge is 0.242 e. The molecule has 2 amide bonds. The second-order valence-electron chi connectivity index (χ2n) is 6.86. The Morgan fingerprint density at radius 1 is 1.07 bits per heavy atom. The topological polar surface area (TPSA) is 52.7 Å². The quantitative estimate of drug-likeness (QED) is 0.684. The van der Waals surface area contributed by atoms with Gasteiger partial charge in [-0.1, -0.05) is 33.6 Å². The zero-order chi connectivity index (χ0) is 20.8. The number of carbonyl (C=O) groups excluding carboxylic acids is 2. The zero-order valence-corrected chi connectivity index (χ0v) is 18.2. The third-order valence-corrected chi connectivity index (χ3v) is 5.64. The third-order valence-electron chi connectivity index (χ3n) is 4.90. The van der Waals surface area contributed by atoms with Gasteiger partial charge in [0.1, 0.15) is 5.82 Å². The minimum absolute atomic E-state index is 0.0391. The molecule has 8 heteroatoms. The number of amides is 2. The minimum atomic E-state index is -0.346. The summed E-state index contributed by atoms with van der Waals surface area (Å²) in [6.07, 6.45) is 0.426. The number of nitrogens with zero attached hydrogens (tertiary/aromatic N) is 2. The first-order valence-corrected chi connectivity index (χ1v) is 10.6. The summed E-state index contributed by atoms with van der Waals surface area (Å²) < 4.78 is 14.5. The molecule has 0 aromatic heterocycles. The summed E-state index contributed by atoms with van der Waals surface area (Å²) in [6, 6.07) is 12.4. The van der Waals surface area contributed by atoms with E-state index in [2.05, 4.69) is 26.1 Å². The van der Waals surface area contributed by atoms with Gasteiger partial charge in [-0.05, 0) is 48.4 Å². The van der Waals surface area contributed by atoms with Gasteiger partial charge in [-0.2, -0.15) is 0 Å². The summed E-state index contributed by atoms with van der Waals surface area (Å²) in [6.45, 7) is 2.61. The molecule has 29 heavy (non-hydrogen) atoms. The number of halogens is 3. The predicted octanol–water partition coefficient (Wildman–Crippen LogP) is 3.64. The normalized spacial score (nSPS) is 14.0. The number of nitrogens with one attached hydrogen (secondary N) is 1. The monoisotopic (exact) mass is 481 g/mol. The van der Waals surface area contributed by atoms with Crippen LogP contribution >= 0.6 is 27.5 Å². The molecule has 3 rings (SSSR count). The lowest BCUT2D eigenvalue weighted by molar-refractivity contribution is -0.133. The molecule has 0 saturated carbocycles. The third kappa shape index (κ3) is 6.18. The molecule has 0 bridgehead atoms. The number of benzene rings is 2. The molecule has 1 heterocycles. The maximum absolute atomic E-state index is 13.8. The minimum Gasteiger partial charge on any atom is -0.368 e. The molecule has 2 aromatic carbocycles. The van der Waals surface area contributed by atoms with Crippen molar-refractivity contribution < 1.29 is 14.0 Å². The first kappa shape index (κ1) is 21.6. The predicted molar refractivity (Wildman–Crippen MR) is 116 cm³/mol. The zero-order valence-electron chi connectivity index (χ0n) is 15.8. The fourth-order valence-corrected chi connectivity index (χ4v) is 3.67. The van der Waals surface area contributed by atoms with E-state index in [-0.39, 0.29) is 30.6 Å². The van der Waals surface area contributed by atoms with E-state index < -0.39 is 0 Å². The highest BCUT2D eigenvalue weighted by molar-refractivity contribution is 9.10. The van der Waals surface area contributed by atoms with Gasteiger partial charge in [-0.15, -0.1) is 0 Å². The molecule has 1 N–H and O–H groups in total. The van der Waals surface area contributed by atoms with Crippen molar-refractivity contribution in [1.29, 1.82) is 0 Å². The van der Waals surface area contributed by atoms with Crippen LogP contribution in [0, 0.1) is 5.82 Å². The molecule has 1 fully saturated rings.